The molecule has 0 aliphatic rings. The fourth-order valence-electron chi connectivity index (χ4n) is 1.64. The summed E-state index contributed by atoms with van der Waals surface area (Å²) in [4.78, 5) is 0. The van der Waals surface area contributed by atoms with Gasteiger partial charge in [-0.1, -0.05) is 0 Å². The van der Waals surface area contributed by atoms with Crippen molar-refractivity contribution in [2.24, 2.45) is 5.41 Å². The zero-order chi connectivity index (χ0) is 22.0. The Morgan fingerprint density at radius 2 is 0.577 bits per heavy atom. The molecular formula is C8HF17O. The van der Waals surface area contributed by atoms with Crippen LogP contribution in [0.1, 0.15) is 0 Å². The zero-order valence-electron chi connectivity index (χ0n) is 10.9. The molecule has 0 rings (SSSR count). The van der Waals surface area contributed by atoms with Crippen molar-refractivity contribution in [3.8, 4) is 0 Å². The van der Waals surface area contributed by atoms with Gasteiger partial charge in [-0.15, -0.1) is 0 Å². The van der Waals surface area contributed by atoms with Crippen molar-refractivity contribution in [1.29, 1.82) is 0 Å². The average Bonchev–Trinajstić information content (AvgIpc) is 2.19. The maximum Gasteiger partial charge on any atom is 0.455 e. The third-order valence-electron chi connectivity index (χ3n) is 2.93. The van der Waals surface area contributed by atoms with Crippen LogP contribution in [0.25, 0.3) is 0 Å². The van der Waals surface area contributed by atoms with E-state index in [1.165, 1.54) is 0 Å². The van der Waals surface area contributed by atoms with Crippen LogP contribution in [0.3, 0.4) is 0 Å². The lowest BCUT2D eigenvalue weighted by atomic mass is 9.73. The summed E-state index contributed by atoms with van der Waals surface area (Å²) in [6.07, 6.45) is -33.1. The number of alkyl halides is 17. The van der Waals surface area contributed by atoms with Gasteiger partial charge in [0.25, 0.3) is 0 Å². The Kier molecular flexibility index (Phi) is 5.37. The first-order chi connectivity index (χ1) is 10.8. The largest absolute Gasteiger partial charge is 0.455 e. The van der Waals surface area contributed by atoms with Gasteiger partial charge in [-0.25, -0.2) is 0 Å². The first kappa shape index (κ1) is 24.8. The minimum Gasteiger partial charge on any atom is -0.350 e. The van der Waals surface area contributed by atoms with Crippen molar-refractivity contribution in [3.63, 3.8) is 0 Å². The number of aliphatic hydroxyl groups is 1. The molecule has 1 unspecified atom stereocenters. The fraction of sp³-hybridized carbons (Fsp3) is 1.00. The first-order valence-corrected chi connectivity index (χ1v) is 5.19. The van der Waals surface area contributed by atoms with E-state index in [1.807, 2.05) is 0 Å². The molecule has 0 bridgehead atoms. The molecule has 26 heavy (non-hydrogen) atoms. The Bertz CT molecular complexity index is 477. The topological polar surface area (TPSA) is 20.2 Å². The highest BCUT2D eigenvalue weighted by Crippen LogP contribution is 2.71. The Labute approximate surface area is 129 Å². The van der Waals surface area contributed by atoms with Crippen molar-refractivity contribution in [2.45, 2.75) is 42.4 Å². The number of hydrogen-bond acceptors (Lipinski definition) is 1. The molecule has 1 nitrogen and oxygen atoms in total. The lowest BCUT2D eigenvalue weighted by molar-refractivity contribution is -0.522. The van der Waals surface area contributed by atoms with Gasteiger partial charge in [-0.2, -0.15) is 74.6 Å². The van der Waals surface area contributed by atoms with Gasteiger partial charge in [-0.05, 0) is 0 Å². The molecular weight excluding hydrogens is 435 g/mol. The van der Waals surface area contributed by atoms with E-state index >= 15 is 0 Å². The molecule has 0 radical (unpaired) electrons. The van der Waals surface area contributed by atoms with Crippen LogP contribution in [0.4, 0.5) is 74.6 Å². The van der Waals surface area contributed by atoms with Crippen LogP contribution in [-0.4, -0.2) is 47.5 Å². The summed E-state index contributed by atoms with van der Waals surface area (Å²) < 4.78 is 212. The van der Waals surface area contributed by atoms with Gasteiger partial charge >= 0.3 is 47.8 Å². The standard InChI is InChI=1S/C8HF17O/c9-2(10,3(11,12)4(13,26)8(23,24)25)1(5(14,15)16,6(17,18)19)7(20,21)22/h26H. The molecule has 0 aliphatic heterocycles. The van der Waals surface area contributed by atoms with Gasteiger partial charge in [0.15, 0.2) is 0 Å². The van der Waals surface area contributed by atoms with Crippen molar-refractivity contribution < 1.29 is 79.7 Å². The molecule has 0 heterocycles. The Morgan fingerprint density at radius 3 is 0.731 bits per heavy atom. The van der Waals surface area contributed by atoms with Crippen LogP contribution in [0, 0.1) is 5.41 Å². The fourth-order valence-corrected chi connectivity index (χ4v) is 1.64. The van der Waals surface area contributed by atoms with Crippen LogP contribution in [0.2, 0.25) is 0 Å². The average molecular weight is 436 g/mol. The van der Waals surface area contributed by atoms with E-state index < -0.39 is 47.8 Å². The van der Waals surface area contributed by atoms with Crippen LogP contribution >= 0.6 is 0 Å². The molecule has 0 aromatic rings. The van der Waals surface area contributed by atoms with E-state index in [4.69, 9.17) is 5.11 Å². The second-order valence-corrected chi connectivity index (χ2v) is 4.51. The number of hydrogen-bond donors (Lipinski definition) is 1. The van der Waals surface area contributed by atoms with Crippen LogP contribution < -0.4 is 0 Å². The Morgan fingerprint density at radius 1 is 0.346 bits per heavy atom. The predicted octanol–water partition coefficient (Wildman–Crippen LogP) is 5.15. The van der Waals surface area contributed by atoms with E-state index in [2.05, 4.69) is 0 Å². The Hall–Kier alpha value is -1.23. The highest BCUT2D eigenvalue weighted by Gasteiger charge is 3.00. The van der Waals surface area contributed by atoms with Crippen molar-refractivity contribution >= 4 is 0 Å². The van der Waals surface area contributed by atoms with Gasteiger partial charge in [0.1, 0.15) is 0 Å². The molecule has 0 fully saturated rings. The summed E-state index contributed by atoms with van der Waals surface area (Å²) in [5.41, 5.74) is -8.87. The smallest absolute Gasteiger partial charge is 0.350 e. The van der Waals surface area contributed by atoms with E-state index in [0.29, 0.717) is 0 Å². The van der Waals surface area contributed by atoms with Crippen LogP contribution in [-0.2, 0) is 0 Å². The highest BCUT2D eigenvalue weighted by molar-refractivity contribution is 5.16. The van der Waals surface area contributed by atoms with E-state index in [1.54, 1.807) is 0 Å². The second-order valence-electron chi connectivity index (χ2n) is 4.51. The molecule has 0 saturated carbocycles. The van der Waals surface area contributed by atoms with Gasteiger partial charge < -0.3 is 5.11 Å². The lowest BCUT2D eigenvalue weighted by Gasteiger charge is -2.47. The minimum atomic E-state index is -8.95. The third-order valence-corrected chi connectivity index (χ3v) is 2.93. The zero-order valence-corrected chi connectivity index (χ0v) is 10.9. The number of halogens is 17. The monoisotopic (exact) mass is 436 g/mol. The molecule has 0 aliphatic carbocycles. The number of rotatable bonds is 3. The minimum absolute atomic E-state index is 7.71. The van der Waals surface area contributed by atoms with Crippen molar-refractivity contribution in [1.82, 2.24) is 0 Å². The Balaban J connectivity index is 7.31. The molecule has 0 aromatic carbocycles. The molecule has 158 valence electrons. The third kappa shape index (κ3) is 2.83. The normalized spacial score (nSPS) is 18.7. The van der Waals surface area contributed by atoms with Gasteiger partial charge in [0, 0.05) is 0 Å². The molecule has 1 atom stereocenters. The van der Waals surface area contributed by atoms with Crippen LogP contribution in [0.15, 0.2) is 0 Å². The van der Waals surface area contributed by atoms with E-state index in [9.17, 15) is 74.6 Å². The molecule has 18 heteroatoms. The summed E-state index contributed by atoms with van der Waals surface area (Å²) in [6.45, 7) is 0. The lowest BCUT2D eigenvalue weighted by Crippen LogP contribution is -2.77. The van der Waals surface area contributed by atoms with Crippen LogP contribution in [0.5, 0.6) is 0 Å². The second kappa shape index (κ2) is 5.63. The molecule has 0 saturated heterocycles. The first-order valence-electron chi connectivity index (χ1n) is 5.19. The molecule has 0 spiro atoms. The van der Waals surface area contributed by atoms with Crippen molar-refractivity contribution in [2.75, 3.05) is 0 Å². The van der Waals surface area contributed by atoms with Crippen molar-refractivity contribution in [3.05, 3.63) is 0 Å². The SMILES string of the molecule is OC(F)(C(F)(F)F)C(F)(F)C(F)(F)C(C(F)(F)F)(C(F)(F)F)C(F)(F)F. The van der Waals surface area contributed by atoms with Gasteiger partial charge in [-0.3, -0.25) is 0 Å². The van der Waals surface area contributed by atoms with E-state index in [-0.39, 0.29) is 0 Å². The molecule has 0 amide bonds. The summed E-state index contributed by atoms with van der Waals surface area (Å²) >= 11 is 0. The molecule has 1 N–H and O–H groups in total. The van der Waals surface area contributed by atoms with E-state index in [0.717, 1.165) is 0 Å². The molecule has 0 aromatic heterocycles. The quantitative estimate of drug-likeness (QED) is 0.607. The predicted molar refractivity (Wildman–Crippen MR) is 42.6 cm³/mol. The maximum atomic E-state index is 13.2. The van der Waals surface area contributed by atoms with Gasteiger partial charge in [0.2, 0.25) is 0 Å². The highest BCUT2D eigenvalue weighted by atomic mass is 19.4. The van der Waals surface area contributed by atoms with Gasteiger partial charge in [0.05, 0.1) is 0 Å². The summed E-state index contributed by atoms with van der Waals surface area (Å²) in [5, 5.41) is 7.75. The summed E-state index contributed by atoms with van der Waals surface area (Å²) in [6, 6.07) is 0. The summed E-state index contributed by atoms with van der Waals surface area (Å²) in [7, 11) is 0. The summed E-state index contributed by atoms with van der Waals surface area (Å²) in [5.74, 6) is -25.5. The maximum absolute atomic E-state index is 13.2.